The number of nitrogens with zero attached hydrogens (tertiary/aromatic N) is 1. The highest BCUT2D eigenvalue weighted by Crippen LogP contribution is 2.24. The quantitative estimate of drug-likeness (QED) is 0.501. The molecule has 0 spiro atoms. The third-order valence-electron chi connectivity index (χ3n) is 6.21. The molecule has 2 amide bonds. The van der Waals surface area contributed by atoms with E-state index in [0.29, 0.717) is 19.4 Å². The van der Waals surface area contributed by atoms with E-state index in [9.17, 15) is 9.59 Å². The second-order valence-corrected chi connectivity index (χ2v) is 12.4. The Morgan fingerprint density at radius 3 is 2.67 bits per heavy atom. The van der Waals surface area contributed by atoms with Crippen molar-refractivity contribution in [2.45, 2.75) is 65.0 Å². The molecule has 2 heterocycles. The number of fused-ring (bicyclic) bond motifs is 5. The van der Waals surface area contributed by atoms with Gasteiger partial charge in [-0.3, -0.25) is 19.1 Å². The highest BCUT2D eigenvalue weighted by atomic mass is 32.2. The first-order valence-electron chi connectivity index (χ1n) is 12.0. The summed E-state index contributed by atoms with van der Waals surface area (Å²) in [6.45, 7) is 5.65. The molecule has 1 aromatic heterocycles. The highest BCUT2D eigenvalue weighted by Gasteiger charge is 2.28. The van der Waals surface area contributed by atoms with Gasteiger partial charge in [0.1, 0.15) is 6.04 Å². The Labute approximate surface area is 198 Å². The van der Waals surface area contributed by atoms with Gasteiger partial charge in [-0.05, 0) is 36.8 Å². The molecule has 1 aromatic carbocycles. The number of hydrogen-bond donors (Lipinski definition) is 4. The van der Waals surface area contributed by atoms with E-state index in [-0.39, 0.29) is 23.5 Å². The minimum absolute atomic E-state index is 0.158. The molecule has 0 saturated carbocycles. The van der Waals surface area contributed by atoms with Crippen LogP contribution in [0.4, 0.5) is 0 Å². The highest BCUT2D eigenvalue weighted by molar-refractivity contribution is 7.92. The van der Waals surface area contributed by atoms with Crippen molar-refractivity contribution < 1.29 is 9.59 Å². The van der Waals surface area contributed by atoms with Crippen LogP contribution in [0.3, 0.4) is 0 Å². The molecule has 3 rings (SSSR count). The Hall–Kier alpha value is -2.35. The minimum atomic E-state index is -2.33. The summed E-state index contributed by atoms with van der Waals surface area (Å²) >= 11 is 0. The van der Waals surface area contributed by atoms with Crippen molar-refractivity contribution in [2.75, 3.05) is 18.6 Å². The fourth-order valence-corrected chi connectivity index (χ4v) is 5.80. The number of aryl methyl sites for hydroxylation is 1. The van der Waals surface area contributed by atoms with Crippen LogP contribution in [-0.2, 0) is 32.2 Å². The molecule has 0 aliphatic carbocycles. The van der Waals surface area contributed by atoms with Gasteiger partial charge in [0, 0.05) is 54.5 Å². The lowest BCUT2D eigenvalue weighted by Crippen LogP contribution is -2.50. The molecule has 0 radical (unpaired) electrons. The predicted octanol–water partition coefficient (Wildman–Crippen LogP) is 4.33. The first-order valence-corrected chi connectivity index (χ1v) is 14.2. The van der Waals surface area contributed by atoms with E-state index in [1.165, 1.54) is 0 Å². The van der Waals surface area contributed by atoms with Crippen molar-refractivity contribution in [3.8, 4) is 0 Å². The van der Waals surface area contributed by atoms with Crippen molar-refractivity contribution in [2.24, 2.45) is 11.8 Å². The molecule has 0 saturated heterocycles. The fraction of sp³-hybridized carbons (Fsp3) is 0.600. The zero-order valence-electron chi connectivity index (χ0n) is 20.2. The van der Waals surface area contributed by atoms with E-state index < -0.39 is 21.6 Å². The summed E-state index contributed by atoms with van der Waals surface area (Å²) in [5.41, 5.74) is 2.22. The summed E-state index contributed by atoms with van der Waals surface area (Å²) in [6.07, 6.45) is 8.97. The second-order valence-electron chi connectivity index (χ2n) is 9.92. The SMILES string of the molecule is CC(C)CC(CS(C)(=N)=N)C(=O)NC1Cc2cn(c3ccccc23)CCCCCCNC1=O. The summed E-state index contributed by atoms with van der Waals surface area (Å²) < 4.78 is 18.4. The molecule has 2 bridgehead atoms. The van der Waals surface area contributed by atoms with Crippen LogP contribution < -0.4 is 10.6 Å². The molecular formula is C25H39N5O2S. The zero-order valence-corrected chi connectivity index (χ0v) is 21.0. The summed E-state index contributed by atoms with van der Waals surface area (Å²) in [6, 6.07) is 7.57. The van der Waals surface area contributed by atoms with Crippen molar-refractivity contribution in [1.29, 1.82) is 9.56 Å². The lowest BCUT2D eigenvalue weighted by Gasteiger charge is -2.24. The number of benzene rings is 1. The Bertz CT molecular complexity index is 1070. The molecule has 7 nitrogen and oxygen atoms in total. The first-order chi connectivity index (χ1) is 15.6. The lowest BCUT2D eigenvalue weighted by atomic mass is 9.97. The third-order valence-corrected chi connectivity index (χ3v) is 7.28. The summed E-state index contributed by atoms with van der Waals surface area (Å²) in [5, 5.41) is 7.16. The van der Waals surface area contributed by atoms with Crippen LogP contribution in [0, 0.1) is 21.4 Å². The van der Waals surface area contributed by atoms with Gasteiger partial charge in [-0.2, -0.15) is 0 Å². The van der Waals surface area contributed by atoms with Gasteiger partial charge < -0.3 is 15.2 Å². The molecule has 8 heteroatoms. The number of amides is 2. The van der Waals surface area contributed by atoms with Crippen molar-refractivity contribution in [3.63, 3.8) is 0 Å². The van der Waals surface area contributed by atoms with Gasteiger partial charge in [0.2, 0.25) is 11.8 Å². The van der Waals surface area contributed by atoms with Crippen LogP contribution in [0.25, 0.3) is 10.9 Å². The molecule has 2 unspecified atom stereocenters. The van der Waals surface area contributed by atoms with Crippen LogP contribution in [0.1, 0.15) is 51.5 Å². The average Bonchev–Trinajstić information content (AvgIpc) is 3.08. The fourth-order valence-electron chi connectivity index (χ4n) is 4.71. The number of carbonyl (C=O) groups is 2. The second kappa shape index (κ2) is 11.2. The van der Waals surface area contributed by atoms with Crippen LogP contribution >= 0.6 is 0 Å². The molecule has 33 heavy (non-hydrogen) atoms. The summed E-state index contributed by atoms with van der Waals surface area (Å²) in [7, 11) is -2.33. The number of rotatable bonds is 6. The van der Waals surface area contributed by atoms with Gasteiger partial charge in [0.05, 0.1) is 0 Å². The van der Waals surface area contributed by atoms with Crippen LogP contribution in [0.5, 0.6) is 0 Å². The maximum absolute atomic E-state index is 13.3. The number of nitrogens with one attached hydrogen (secondary N) is 4. The van der Waals surface area contributed by atoms with E-state index in [1.54, 1.807) is 6.26 Å². The van der Waals surface area contributed by atoms with E-state index in [4.69, 9.17) is 9.56 Å². The lowest BCUT2D eigenvalue weighted by molar-refractivity contribution is -0.131. The van der Waals surface area contributed by atoms with Gasteiger partial charge in [0.25, 0.3) is 0 Å². The largest absolute Gasteiger partial charge is 0.354 e. The Balaban J connectivity index is 1.90. The van der Waals surface area contributed by atoms with Crippen LogP contribution in [-0.4, -0.2) is 41.0 Å². The van der Waals surface area contributed by atoms with Crippen molar-refractivity contribution in [1.82, 2.24) is 15.2 Å². The zero-order chi connectivity index (χ0) is 24.0. The molecule has 2 atom stereocenters. The molecule has 2 aromatic rings. The molecular weight excluding hydrogens is 434 g/mol. The van der Waals surface area contributed by atoms with Gasteiger partial charge in [0.15, 0.2) is 0 Å². The van der Waals surface area contributed by atoms with Crippen LogP contribution in [0.2, 0.25) is 0 Å². The van der Waals surface area contributed by atoms with Crippen molar-refractivity contribution >= 4 is 32.3 Å². The molecule has 182 valence electrons. The van der Waals surface area contributed by atoms with Crippen LogP contribution in [0.15, 0.2) is 30.5 Å². The maximum Gasteiger partial charge on any atom is 0.242 e. The molecule has 4 N–H and O–H groups in total. The van der Waals surface area contributed by atoms with Crippen molar-refractivity contribution in [3.05, 3.63) is 36.0 Å². The Morgan fingerprint density at radius 2 is 1.94 bits per heavy atom. The van der Waals surface area contributed by atoms with Gasteiger partial charge in [-0.25, -0.2) is 0 Å². The Morgan fingerprint density at radius 1 is 1.21 bits per heavy atom. The number of carbonyl (C=O) groups excluding carboxylic acids is 2. The molecule has 1 aliphatic heterocycles. The standard InChI is InChI=1S/C25H39N5O2S/c1-18(2)14-20(17-33(3,26)27)24(31)29-22-15-19-16-30(23-11-7-6-10-21(19)23)13-9-5-4-8-12-28-25(22)32/h6-7,10-11,16,18,20,22,26-27H,4-5,8-9,12-15,17H2,1-3H3,(H,28,32)(H,29,31). The number of para-hydroxylation sites is 1. The van der Waals surface area contributed by atoms with Gasteiger partial charge >= 0.3 is 0 Å². The minimum Gasteiger partial charge on any atom is -0.354 e. The van der Waals surface area contributed by atoms with E-state index >= 15 is 0 Å². The monoisotopic (exact) mass is 473 g/mol. The molecule has 1 aliphatic rings. The number of aromatic nitrogens is 1. The van der Waals surface area contributed by atoms with E-state index in [1.807, 2.05) is 26.0 Å². The maximum atomic E-state index is 13.3. The third kappa shape index (κ3) is 7.32. The van der Waals surface area contributed by atoms with Gasteiger partial charge in [-0.15, -0.1) is 0 Å². The van der Waals surface area contributed by atoms with Gasteiger partial charge in [-0.1, -0.05) is 54.5 Å². The average molecular weight is 474 g/mol. The Kier molecular flexibility index (Phi) is 8.57. The summed E-state index contributed by atoms with van der Waals surface area (Å²) in [4.78, 5) is 26.4. The normalized spacial score (nSPS) is 19.3. The molecule has 0 fully saturated rings. The van der Waals surface area contributed by atoms with E-state index in [0.717, 1.165) is 48.7 Å². The predicted molar refractivity (Wildman–Crippen MR) is 136 cm³/mol. The van der Waals surface area contributed by atoms with E-state index in [2.05, 4.69) is 33.5 Å². The topological polar surface area (TPSA) is 111 Å². The number of hydrogen-bond acceptors (Lipinski definition) is 4. The smallest absolute Gasteiger partial charge is 0.242 e. The first kappa shape index (κ1) is 25.3. The summed E-state index contributed by atoms with van der Waals surface area (Å²) in [5.74, 6) is -0.303.